The summed E-state index contributed by atoms with van der Waals surface area (Å²) in [4.78, 5) is 9.41. The van der Waals surface area contributed by atoms with Gasteiger partial charge in [0.1, 0.15) is 11.6 Å². The van der Waals surface area contributed by atoms with Crippen molar-refractivity contribution in [2.45, 2.75) is 46.5 Å². The number of aryl methyl sites for hydroxylation is 1. The standard InChI is InChI=1S/C15H21N5/c1-8-10(3)19-20(11(8)4)15-9(2)13(16-5)17-14(18-15)12-6-7-12/h12H,6-7H2,1-5H3,(H,16,17,18). The van der Waals surface area contributed by atoms with E-state index in [0.717, 1.165) is 34.4 Å². The lowest BCUT2D eigenvalue weighted by molar-refractivity contribution is 0.773. The molecule has 3 rings (SSSR count). The molecule has 2 aromatic heterocycles. The summed E-state index contributed by atoms with van der Waals surface area (Å²) in [5.74, 6) is 3.28. The van der Waals surface area contributed by atoms with Crippen molar-refractivity contribution in [3.63, 3.8) is 0 Å². The normalized spacial score (nSPS) is 14.7. The first-order chi connectivity index (χ1) is 9.52. The highest BCUT2D eigenvalue weighted by Crippen LogP contribution is 2.39. The molecule has 0 amide bonds. The van der Waals surface area contributed by atoms with E-state index in [1.54, 1.807) is 0 Å². The van der Waals surface area contributed by atoms with Crippen LogP contribution in [0.5, 0.6) is 0 Å². The second-order valence-corrected chi connectivity index (χ2v) is 5.61. The molecule has 0 atom stereocenters. The predicted octanol–water partition coefficient (Wildman–Crippen LogP) is 2.82. The molecule has 0 aromatic carbocycles. The minimum Gasteiger partial charge on any atom is -0.373 e. The van der Waals surface area contributed by atoms with E-state index < -0.39 is 0 Å². The van der Waals surface area contributed by atoms with E-state index in [1.807, 2.05) is 25.6 Å². The van der Waals surface area contributed by atoms with Crippen molar-refractivity contribution in [1.29, 1.82) is 0 Å². The van der Waals surface area contributed by atoms with Gasteiger partial charge in [-0.3, -0.25) is 0 Å². The van der Waals surface area contributed by atoms with Gasteiger partial charge >= 0.3 is 0 Å². The van der Waals surface area contributed by atoms with Gasteiger partial charge in [0.25, 0.3) is 0 Å². The van der Waals surface area contributed by atoms with Crippen molar-refractivity contribution in [1.82, 2.24) is 19.7 Å². The Kier molecular flexibility index (Phi) is 3.00. The molecule has 0 saturated heterocycles. The fraction of sp³-hybridized carbons (Fsp3) is 0.533. The predicted molar refractivity (Wildman–Crippen MR) is 79.6 cm³/mol. The summed E-state index contributed by atoms with van der Waals surface area (Å²) in [6.07, 6.45) is 2.39. The minimum absolute atomic E-state index is 0.527. The third-order valence-electron chi connectivity index (χ3n) is 4.17. The Morgan fingerprint density at radius 3 is 2.25 bits per heavy atom. The summed E-state index contributed by atoms with van der Waals surface area (Å²) in [6.45, 7) is 8.28. The van der Waals surface area contributed by atoms with E-state index in [4.69, 9.17) is 4.98 Å². The maximum Gasteiger partial charge on any atom is 0.162 e. The van der Waals surface area contributed by atoms with Crippen LogP contribution in [0.3, 0.4) is 0 Å². The molecule has 2 heterocycles. The third kappa shape index (κ3) is 1.97. The molecule has 1 fully saturated rings. The monoisotopic (exact) mass is 271 g/mol. The summed E-state index contributed by atoms with van der Waals surface area (Å²) < 4.78 is 1.95. The molecule has 0 radical (unpaired) electrons. The Balaban J connectivity index is 2.20. The maximum atomic E-state index is 4.78. The summed E-state index contributed by atoms with van der Waals surface area (Å²) in [6, 6.07) is 0. The average molecular weight is 271 g/mol. The highest BCUT2D eigenvalue weighted by Gasteiger charge is 2.28. The number of aromatic nitrogens is 4. The van der Waals surface area contributed by atoms with Crippen LogP contribution in [0.1, 0.15) is 47.1 Å². The molecule has 1 aliphatic rings. The fourth-order valence-electron chi connectivity index (χ4n) is 2.42. The zero-order chi connectivity index (χ0) is 14.4. The first-order valence-electron chi connectivity index (χ1n) is 7.12. The summed E-state index contributed by atoms with van der Waals surface area (Å²) in [7, 11) is 1.90. The molecule has 1 N–H and O–H groups in total. The van der Waals surface area contributed by atoms with Gasteiger partial charge in [0.05, 0.1) is 5.69 Å². The van der Waals surface area contributed by atoms with Crippen LogP contribution in [0.25, 0.3) is 5.82 Å². The Morgan fingerprint density at radius 1 is 1.05 bits per heavy atom. The van der Waals surface area contributed by atoms with Gasteiger partial charge in [-0.25, -0.2) is 14.6 Å². The van der Waals surface area contributed by atoms with Crippen LogP contribution < -0.4 is 5.32 Å². The first-order valence-corrected chi connectivity index (χ1v) is 7.12. The lowest BCUT2D eigenvalue weighted by Crippen LogP contribution is -2.11. The van der Waals surface area contributed by atoms with Gasteiger partial charge in [0, 0.05) is 24.2 Å². The summed E-state index contributed by atoms with van der Waals surface area (Å²) in [5.41, 5.74) is 4.47. The van der Waals surface area contributed by atoms with Crippen molar-refractivity contribution in [2.75, 3.05) is 12.4 Å². The zero-order valence-corrected chi connectivity index (χ0v) is 12.8. The smallest absolute Gasteiger partial charge is 0.162 e. The molecule has 106 valence electrons. The Bertz CT molecular complexity index is 667. The van der Waals surface area contributed by atoms with Crippen LogP contribution in [0.4, 0.5) is 5.82 Å². The molecule has 20 heavy (non-hydrogen) atoms. The Hall–Kier alpha value is -1.91. The van der Waals surface area contributed by atoms with E-state index in [0.29, 0.717) is 5.92 Å². The summed E-state index contributed by atoms with van der Waals surface area (Å²) >= 11 is 0. The number of rotatable bonds is 3. The molecule has 2 aromatic rings. The Labute approximate surface area is 119 Å². The molecule has 1 saturated carbocycles. The maximum absolute atomic E-state index is 4.78. The zero-order valence-electron chi connectivity index (χ0n) is 12.8. The molecule has 5 nitrogen and oxygen atoms in total. The minimum atomic E-state index is 0.527. The van der Waals surface area contributed by atoms with Crippen LogP contribution in [-0.2, 0) is 0 Å². The number of nitrogens with zero attached hydrogens (tertiary/aromatic N) is 4. The molecule has 0 bridgehead atoms. The number of hydrogen-bond donors (Lipinski definition) is 1. The van der Waals surface area contributed by atoms with Crippen LogP contribution in [0, 0.1) is 27.7 Å². The summed E-state index contributed by atoms with van der Waals surface area (Å²) in [5, 5.41) is 7.81. The second-order valence-electron chi connectivity index (χ2n) is 5.61. The highest BCUT2D eigenvalue weighted by atomic mass is 15.3. The number of hydrogen-bond acceptors (Lipinski definition) is 4. The average Bonchev–Trinajstić information content (AvgIpc) is 3.24. The molecular formula is C15H21N5. The first kappa shape index (κ1) is 13.1. The van der Waals surface area contributed by atoms with Gasteiger partial charge in [-0.05, 0) is 46.1 Å². The van der Waals surface area contributed by atoms with Crippen LogP contribution in [-0.4, -0.2) is 26.8 Å². The molecule has 0 unspecified atom stereocenters. The van der Waals surface area contributed by atoms with Gasteiger partial charge in [0.2, 0.25) is 0 Å². The van der Waals surface area contributed by atoms with Crippen molar-refractivity contribution < 1.29 is 0 Å². The van der Waals surface area contributed by atoms with Crippen molar-refractivity contribution in [3.8, 4) is 5.82 Å². The van der Waals surface area contributed by atoms with Gasteiger partial charge < -0.3 is 5.32 Å². The van der Waals surface area contributed by atoms with E-state index in [9.17, 15) is 0 Å². The molecule has 5 heteroatoms. The van der Waals surface area contributed by atoms with Crippen LogP contribution in [0.15, 0.2) is 0 Å². The van der Waals surface area contributed by atoms with Gasteiger partial charge in [-0.15, -0.1) is 0 Å². The largest absolute Gasteiger partial charge is 0.373 e. The van der Waals surface area contributed by atoms with E-state index in [-0.39, 0.29) is 0 Å². The van der Waals surface area contributed by atoms with E-state index in [1.165, 1.54) is 18.4 Å². The lowest BCUT2D eigenvalue weighted by atomic mass is 10.2. The SMILES string of the molecule is CNc1nc(C2CC2)nc(-n2nc(C)c(C)c2C)c1C. The Morgan fingerprint density at radius 2 is 1.75 bits per heavy atom. The quantitative estimate of drug-likeness (QED) is 0.932. The molecule has 1 aliphatic carbocycles. The van der Waals surface area contributed by atoms with Gasteiger partial charge in [-0.1, -0.05) is 0 Å². The highest BCUT2D eigenvalue weighted by molar-refractivity contribution is 5.52. The third-order valence-corrected chi connectivity index (χ3v) is 4.17. The molecular weight excluding hydrogens is 250 g/mol. The van der Waals surface area contributed by atoms with E-state index >= 15 is 0 Å². The van der Waals surface area contributed by atoms with Gasteiger partial charge in [-0.2, -0.15) is 5.10 Å². The topological polar surface area (TPSA) is 55.6 Å². The number of nitrogens with one attached hydrogen (secondary N) is 1. The fourth-order valence-corrected chi connectivity index (χ4v) is 2.42. The molecule has 0 spiro atoms. The van der Waals surface area contributed by atoms with Crippen LogP contribution in [0.2, 0.25) is 0 Å². The lowest BCUT2D eigenvalue weighted by Gasteiger charge is -2.13. The van der Waals surface area contributed by atoms with Crippen LogP contribution >= 0.6 is 0 Å². The van der Waals surface area contributed by atoms with Crippen molar-refractivity contribution in [2.24, 2.45) is 0 Å². The number of anilines is 1. The van der Waals surface area contributed by atoms with Crippen molar-refractivity contribution >= 4 is 5.82 Å². The van der Waals surface area contributed by atoms with Crippen molar-refractivity contribution in [3.05, 3.63) is 28.3 Å². The second kappa shape index (κ2) is 4.58. The van der Waals surface area contributed by atoms with E-state index in [2.05, 4.69) is 29.2 Å². The van der Waals surface area contributed by atoms with Gasteiger partial charge in [0.15, 0.2) is 5.82 Å². The molecule has 0 aliphatic heterocycles.